The van der Waals surface area contributed by atoms with Crippen molar-refractivity contribution in [2.45, 2.75) is 46.2 Å². The Morgan fingerprint density at radius 1 is 1.13 bits per heavy atom. The third-order valence-electron chi connectivity index (χ3n) is 4.92. The van der Waals surface area contributed by atoms with Gasteiger partial charge in [-0.3, -0.25) is 13.9 Å². The lowest BCUT2D eigenvalue weighted by atomic mass is 10.1. The van der Waals surface area contributed by atoms with Crippen molar-refractivity contribution in [1.82, 2.24) is 5.32 Å². The highest BCUT2D eigenvalue weighted by Gasteiger charge is 2.31. The van der Waals surface area contributed by atoms with Gasteiger partial charge in [0.2, 0.25) is 15.9 Å². The largest absolute Gasteiger partial charge is 0.350 e. The molecular formula is C22H28ClN3O4S. The predicted octanol–water partition coefficient (Wildman–Crippen LogP) is 3.97. The lowest BCUT2D eigenvalue weighted by Gasteiger charge is -2.29. The van der Waals surface area contributed by atoms with Gasteiger partial charge < -0.3 is 10.6 Å². The second-order valence-electron chi connectivity index (χ2n) is 7.48. The van der Waals surface area contributed by atoms with Gasteiger partial charge in [-0.15, -0.1) is 0 Å². The topological polar surface area (TPSA) is 95.6 Å². The maximum Gasteiger partial charge on any atom is 0.253 e. The van der Waals surface area contributed by atoms with E-state index in [2.05, 4.69) is 10.6 Å². The van der Waals surface area contributed by atoms with Crippen molar-refractivity contribution in [1.29, 1.82) is 0 Å². The SMILES string of the molecule is CC[C@H](C)NC(=O)c1ccccc1NC(=O)[C@@H](C)N(c1cc(Cl)ccc1C)S(C)(=O)=O. The predicted molar refractivity (Wildman–Crippen MR) is 125 cm³/mol. The maximum atomic E-state index is 13.0. The van der Waals surface area contributed by atoms with Gasteiger partial charge in [0.05, 0.1) is 23.2 Å². The molecule has 0 saturated carbocycles. The number of anilines is 2. The van der Waals surface area contributed by atoms with E-state index in [9.17, 15) is 18.0 Å². The average Bonchev–Trinajstić information content (AvgIpc) is 2.69. The molecule has 0 aliphatic rings. The molecular weight excluding hydrogens is 438 g/mol. The van der Waals surface area contributed by atoms with Gasteiger partial charge in [0.1, 0.15) is 6.04 Å². The number of para-hydroxylation sites is 1. The van der Waals surface area contributed by atoms with Crippen molar-refractivity contribution in [3.05, 3.63) is 58.6 Å². The number of nitrogens with zero attached hydrogens (tertiary/aromatic N) is 1. The smallest absolute Gasteiger partial charge is 0.253 e. The molecule has 0 aliphatic heterocycles. The van der Waals surface area contributed by atoms with Gasteiger partial charge in [-0.05, 0) is 57.0 Å². The third kappa shape index (κ3) is 6.21. The minimum Gasteiger partial charge on any atom is -0.350 e. The van der Waals surface area contributed by atoms with Gasteiger partial charge in [-0.25, -0.2) is 8.42 Å². The molecule has 168 valence electrons. The molecule has 2 aromatic rings. The van der Waals surface area contributed by atoms with E-state index in [4.69, 9.17) is 11.6 Å². The van der Waals surface area contributed by atoms with Crippen LogP contribution in [0.15, 0.2) is 42.5 Å². The van der Waals surface area contributed by atoms with Crippen LogP contribution in [0, 0.1) is 6.92 Å². The number of nitrogens with one attached hydrogen (secondary N) is 2. The zero-order valence-electron chi connectivity index (χ0n) is 18.3. The lowest BCUT2D eigenvalue weighted by Crippen LogP contribution is -2.46. The zero-order valence-corrected chi connectivity index (χ0v) is 19.8. The van der Waals surface area contributed by atoms with Gasteiger partial charge in [-0.2, -0.15) is 0 Å². The molecule has 2 aromatic carbocycles. The molecule has 2 N–H and O–H groups in total. The first-order valence-corrected chi connectivity index (χ1v) is 12.1. The minimum atomic E-state index is -3.80. The number of hydrogen-bond donors (Lipinski definition) is 2. The van der Waals surface area contributed by atoms with Crippen LogP contribution in [0.1, 0.15) is 43.1 Å². The van der Waals surface area contributed by atoms with Crippen molar-refractivity contribution >= 4 is 44.8 Å². The van der Waals surface area contributed by atoms with Crippen LogP contribution in [0.3, 0.4) is 0 Å². The van der Waals surface area contributed by atoms with E-state index in [1.807, 2.05) is 13.8 Å². The Labute approximate surface area is 188 Å². The summed E-state index contributed by atoms with van der Waals surface area (Å²) in [6.45, 7) is 7.07. The van der Waals surface area contributed by atoms with Gasteiger partial charge >= 0.3 is 0 Å². The zero-order chi connectivity index (χ0) is 23.3. The van der Waals surface area contributed by atoms with Crippen LogP contribution >= 0.6 is 11.6 Å². The number of amides is 2. The Morgan fingerprint density at radius 3 is 2.39 bits per heavy atom. The molecule has 0 bridgehead atoms. The molecule has 0 unspecified atom stereocenters. The van der Waals surface area contributed by atoms with Crippen LogP contribution in [-0.4, -0.2) is 38.6 Å². The molecule has 7 nitrogen and oxygen atoms in total. The summed E-state index contributed by atoms with van der Waals surface area (Å²) in [5, 5.41) is 5.92. The van der Waals surface area contributed by atoms with Crippen molar-refractivity contribution in [2.24, 2.45) is 0 Å². The van der Waals surface area contributed by atoms with E-state index in [1.54, 1.807) is 43.3 Å². The van der Waals surface area contributed by atoms with E-state index in [0.29, 0.717) is 27.5 Å². The monoisotopic (exact) mass is 465 g/mol. The van der Waals surface area contributed by atoms with Crippen LogP contribution < -0.4 is 14.9 Å². The summed E-state index contributed by atoms with van der Waals surface area (Å²) in [5.41, 5.74) is 1.58. The van der Waals surface area contributed by atoms with Crippen molar-refractivity contribution < 1.29 is 18.0 Å². The fourth-order valence-corrected chi connectivity index (χ4v) is 4.42. The normalized spacial score (nSPS) is 13.2. The summed E-state index contributed by atoms with van der Waals surface area (Å²) in [7, 11) is -3.80. The minimum absolute atomic E-state index is 0.0262. The molecule has 0 aromatic heterocycles. The number of aryl methyl sites for hydroxylation is 1. The molecule has 0 radical (unpaired) electrons. The second kappa shape index (κ2) is 10.2. The molecule has 2 rings (SSSR count). The summed E-state index contributed by atoms with van der Waals surface area (Å²) in [6, 6.07) is 10.3. The van der Waals surface area contributed by atoms with Gasteiger partial charge in [0.25, 0.3) is 5.91 Å². The standard InChI is InChI=1S/C22H28ClN3O4S/c1-6-15(3)24-22(28)18-9-7-8-10-19(18)25-21(27)16(4)26(31(5,29)30)20-13-17(23)12-11-14(20)2/h7-13,15-16H,6H2,1-5H3,(H,24,28)(H,25,27)/t15-,16+/m0/s1. The molecule has 0 fully saturated rings. The Bertz CT molecular complexity index is 1070. The van der Waals surface area contributed by atoms with E-state index in [-0.39, 0.29) is 11.9 Å². The summed E-state index contributed by atoms with van der Waals surface area (Å²) < 4.78 is 26.2. The number of benzene rings is 2. The fourth-order valence-electron chi connectivity index (χ4n) is 3.03. The number of sulfonamides is 1. The van der Waals surface area contributed by atoms with E-state index < -0.39 is 22.0 Å². The van der Waals surface area contributed by atoms with Gasteiger partial charge in [-0.1, -0.05) is 36.7 Å². The molecule has 2 amide bonds. The molecule has 0 aliphatic carbocycles. The Morgan fingerprint density at radius 2 is 1.77 bits per heavy atom. The van der Waals surface area contributed by atoms with Crippen LogP contribution in [0.25, 0.3) is 0 Å². The van der Waals surface area contributed by atoms with Crippen molar-refractivity contribution in [3.8, 4) is 0 Å². The Balaban J connectivity index is 2.36. The van der Waals surface area contributed by atoms with Crippen molar-refractivity contribution in [3.63, 3.8) is 0 Å². The average molecular weight is 466 g/mol. The summed E-state index contributed by atoms with van der Waals surface area (Å²) in [6.07, 6.45) is 1.80. The Hall–Kier alpha value is -2.58. The molecule has 0 spiro atoms. The number of hydrogen-bond acceptors (Lipinski definition) is 4. The van der Waals surface area contributed by atoms with Gasteiger partial charge in [0.15, 0.2) is 0 Å². The number of rotatable bonds is 8. The van der Waals surface area contributed by atoms with Crippen LogP contribution in [0.4, 0.5) is 11.4 Å². The highest BCUT2D eigenvalue weighted by molar-refractivity contribution is 7.92. The fraction of sp³-hybridized carbons (Fsp3) is 0.364. The highest BCUT2D eigenvalue weighted by atomic mass is 35.5. The van der Waals surface area contributed by atoms with Crippen LogP contribution in [-0.2, 0) is 14.8 Å². The third-order valence-corrected chi connectivity index (χ3v) is 6.38. The molecule has 0 heterocycles. The second-order valence-corrected chi connectivity index (χ2v) is 9.78. The summed E-state index contributed by atoms with van der Waals surface area (Å²) in [5.74, 6) is -0.892. The lowest BCUT2D eigenvalue weighted by molar-refractivity contribution is -0.116. The van der Waals surface area contributed by atoms with Crippen LogP contribution in [0.2, 0.25) is 5.02 Å². The Kier molecular flexibility index (Phi) is 8.08. The highest BCUT2D eigenvalue weighted by Crippen LogP contribution is 2.29. The summed E-state index contributed by atoms with van der Waals surface area (Å²) in [4.78, 5) is 25.6. The molecule has 9 heteroatoms. The number of carbonyl (C=O) groups is 2. The van der Waals surface area contributed by atoms with E-state index in [0.717, 1.165) is 17.0 Å². The van der Waals surface area contributed by atoms with E-state index >= 15 is 0 Å². The number of halogens is 1. The maximum absolute atomic E-state index is 13.0. The van der Waals surface area contributed by atoms with E-state index in [1.165, 1.54) is 13.0 Å². The number of carbonyl (C=O) groups excluding carboxylic acids is 2. The van der Waals surface area contributed by atoms with Crippen LogP contribution in [0.5, 0.6) is 0 Å². The molecule has 0 saturated heterocycles. The first-order chi connectivity index (χ1) is 14.5. The first-order valence-electron chi connectivity index (χ1n) is 9.92. The quantitative estimate of drug-likeness (QED) is 0.616. The molecule has 31 heavy (non-hydrogen) atoms. The first kappa shape index (κ1) is 24.7. The van der Waals surface area contributed by atoms with Crippen molar-refractivity contribution in [2.75, 3.05) is 15.9 Å². The molecule has 2 atom stereocenters. The van der Waals surface area contributed by atoms with Gasteiger partial charge in [0, 0.05) is 11.1 Å². The summed E-state index contributed by atoms with van der Waals surface area (Å²) >= 11 is 6.07.